The molecule has 0 unspecified atom stereocenters. The average Bonchev–Trinajstić information content (AvgIpc) is 2.99. The minimum atomic E-state index is -1.17. The standard InChI is InChI=1S/C17H23NO2/c1-3-9-15(16(19)18-12-7-8-13-18)17(2,20)14-10-5-4-6-11-14/h3-6,10-11,15,20H,1,7-9,12-13H2,2H3/t15-,17-/m0/s1. The van der Waals surface area contributed by atoms with E-state index in [2.05, 4.69) is 6.58 Å². The van der Waals surface area contributed by atoms with Gasteiger partial charge in [0.2, 0.25) is 5.91 Å². The Kier molecular flexibility index (Phi) is 4.61. The normalized spacial score (nSPS) is 19.4. The number of amides is 1. The zero-order valence-electron chi connectivity index (χ0n) is 12.1. The van der Waals surface area contributed by atoms with Crippen molar-refractivity contribution in [3.8, 4) is 0 Å². The van der Waals surface area contributed by atoms with Crippen LogP contribution in [-0.2, 0) is 10.4 Å². The molecule has 3 nitrogen and oxygen atoms in total. The molecule has 0 bridgehead atoms. The fourth-order valence-electron chi connectivity index (χ4n) is 2.87. The Labute approximate surface area is 120 Å². The van der Waals surface area contributed by atoms with Crippen molar-refractivity contribution in [1.82, 2.24) is 4.90 Å². The summed E-state index contributed by atoms with van der Waals surface area (Å²) in [6, 6.07) is 9.41. The highest BCUT2D eigenvalue weighted by Gasteiger charge is 2.40. The lowest BCUT2D eigenvalue weighted by Crippen LogP contribution is -2.44. The predicted molar refractivity (Wildman–Crippen MR) is 80.1 cm³/mol. The van der Waals surface area contributed by atoms with Crippen LogP contribution in [-0.4, -0.2) is 29.0 Å². The van der Waals surface area contributed by atoms with Crippen molar-refractivity contribution in [2.45, 2.75) is 31.8 Å². The Bertz CT molecular complexity index is 461. The number of hydrogen-bond acceptors (Lipinski definition) is 2. The minimum Gasteiger partial charge on any atom is -0.385 e. The smallest absolute Gasteiger partial charge is 0.229 e. The van der Waals surface area contributed by atoms with Gasteiger partial charge in [-0.15, -0.1) is 6.58 Å². The van der Waals surface area contributed by atoms with Gasteiger partial charge in [0, 0.05) is 13.1 Å². The van der Waals surface area contributed by atoms with Gasteiger partial charge < -0.3 is 10.0 Å². The summed E-state index contributed by atoms with van der Waals surface area (Å²) in [5.41, 5.74) is -0.394. The van der Waals surface area contributed by atoms with Crippen molar-refractivity contribution >= 4 is 5.91 Å². The summed E-state index contributed by atoms with van der Waals surface area (Å²) >= 11 is 0. The number of allylic oxidation sites excluding steroid dienone is 1. The Morgan fingerprint density at radius 2 is 2.00 bits per heavy atom. The highest BCUT2D eigenvalue weighted by molar-refractivity contribution is 5.80. The van der Waals surface area contributed by atoms with Gasteiger partial charge in [0.1, 0.15) is 0 Å². The molecule has 3 heteroatoms. The quantitative estimate of drug-likeness (QED) is 0.838. The first-order chi connectivity index (χ1) is 9.57. The fourth-order valence-corrected chi connectivity index (χ4v) is 2.87. The van der Waals surface area contributed by atoms with Gasteiger partial charge in [0.15, 0.2) is 0 Å². The van der Waals surface area contributed by atoms with Crippen molar-refractivity contribution in [2.24, 2.45) is 5.92 Å². The van der Waals surface area contributed by atoms with E-state index in [0.717, 1.165) is 31.5 Å². The van der Waals surface area contributed by atoms with Gasteiger partial charge in [-0.3, -0.25) is 4.79 Å². The Balaban J connectivity index is 2.26. The lowest BCUT2D eigenvalue weighted by atomic mass is 9.80. The van der Waals surface area contributed by atoms with Crippen LogP contribution in [0, 0.1) is 5.92 Å². The third-order valence-electron chi connectivity index (χ3n) is 4.15. The molecule has 0 aromatic heterocycles. The predicted octanol–water partition coefficient (Wildman–Crippen LogP) is 2.71. The summed E-state index contributed by atoms with van der Waals surface area (Å²) < 4.78 is 0. The molecule has 1 fully saturated rings. The number of likely N-dealkylation sites (tertiary alicyclic amines) is 1. The molecule has 0 aliphatic carbocycles. The molecule has 1 aromatic carbocycles. The van der Waals surface area contributed by atoms with Crippen LogP contribution in [0.3, 0.4) is 0 Å². The number of carbonyl (C=O) groups excluding carboxylic acids is 1. The van der Waals surface area contributed by atoms with Crippen molar-refractivity contribution < 1.29 is 9.90 Å². The fraction of sp³-hybridized carbons (Fsp3) is 0.471. The topological polar surface area (TPSA) is 40.5 Å². The number of benzene rings is 1. The van der Waals surface area contributed by atoms with E-state index in [1.807, 2.05) is 35.2 Å². The molecule has 0 saturated carbocycles. The van der Waals surface area contributed by atoms with E-state index in [1.54, 1.807) is 13.0 Å². The molecular weight excluding hydrogens is 250 g/mol. The van der Waals surface area contributed by atoms with E-state index >= 15 is 0 Å². The van der Waals surface area contributed by atoms with Gasteiger partial charge >= 0.3 is 0 Å². The van der Waals surface area contributed by atoms with E-state index in [-0.39, 0.29) is 5.91 Å². The second-order valence-electron chi connectivity index (χ2n) is 5.62. The van der Waals surface area contributed by atoms with Crippen LogP contribution >= 0.6 is 0 Å². The summed E-state index contributed by atoms with van der Waals surface area (Å²) in [4.78, 5) is 14.5. The van der Waals surface area contributed by atoms with Gasteiger partial charge in [0.05, 0.1) is 11.5 Å². The van der Waals surface area contributed by atoms with Crippen LogP contribution in [0.2, 0.25) is 0 Å². The van der Waals surface area contributed by atoms with E-state index in [4.69, 9.17) is 0 Å². The first-order valence-corrected chi connectivity index (χ1v) is 7.25. The molecule has 1 aromatic rings. The van der Waals surface area contributed by atoms with E-state index < -0.39 is 11.5 Å². The molecule has 1 amide bonds. The molecule has 2 atom stereocenters. The molecule has 0 spiro atoms. The molecule has 2 rings (SSSR count). The first kappa shape index (κ1) is 14.8. The maximum absolute atomic E-state index is 12.7. The van der Waals surface area contributed by atoms with Crippen LogP contribution in [0.4, 0.5) is 0 Å². The lowest BCUT2D eigenvalue weighted by Gasteiger charge is -2.34. The summed E-state index contributed by atoms with van der Waals surface area (Å²) in [7, 11) is 0. The van der Waals surface area contributed by atoms with Crippen LogP contribution in [0.5, 0.6) is 0 Å². The molecule has 1 N–H and O–H groups in total. The molecule has 1 aliphatic heterocycles. The number of nitrogens with zero attached hydrogens (tertiary/aromatic N) is 1. The first-order valence-electron chi connectivity index (χ1n) is 7.25. The van der Waals surface area contributed by atoms with Crippen molar-refractivity contribution in [1.29, 1.82) is 0 Å². The third kappa shape index (κ3) is 2.93. The Hall–Kier alpha value is -1.61. The number of rotatable bonds is 5. The van der Waals surface area contributed by atoms with Crippen molar-refractivity contribution in [3.63, 3.8) is 0 Å². The van der Waals surface area contributed by atoms with E-state index in [9.17, 15) is 9.90 Å². The van der Waals surface area contributed by atoms with Crippen molar-refractivity contribution in [3.05, 3.63) is 48.6 Å². The molecule has 1 saturated heterocycles. The monoisotopic (exact) mass is 273 g/mol. The molecule has 1 aliphatic rings. The average molecular weight is 273 g/mol. The van der Waals surface area contributed by atoms with Crippen LogP contribution in [0.15, 0.2) is 43.0 Å². The second kappa shape index (κ2) is 6.23. The molecular formula is C17H23NO2. The van der Waals surface area contributed by atoms with Crippen molar-refractivity contribution in [2.75, 3.05) is 13.1 Å². The van der Waals surface area contributed by atoms with Crippen LogP contribution in [0.1, 0.15) is 31.7 Å². The lowest BCUT2D eigenvalue weighted by molar-refractivity contribution is -0.144. The Morgan fingerprint density at radius 3 is 2.55 bits per heavy atom. The number of aliphatic hydroxyl groups is 1. The van der Waals surface area contributed by atoms with E-state index in [0.29, 0.717) is 6.42 Å². The maximum Gasteiger partial charge on any atom is 0.229 e. The maximum atomic E-state index is 12.7. The van der Waals surface area contributed by atoms with Gasteiger partial charge in [-0.2, -0.15) is 0 Å². The van der Waals surface area contributed by atoms with Crippen LogP contribution in [0.25, 0.3) is 0 Å². The summed E-state index contributed by atoms with van der Waals surface area (Å²) in [6.07, 6.45) is 4.31. The highest BCUT2D eigenvalue weighted by atomic mass is 16.3. The second-order valence-corrected chi connectivity index (χ2v) is 5.62. The summed E-state index contributed by atoms with van der Waals surface area (Å²) in [5.74, 6) is -0.434. The molecule has 108 valence electrons. The SMILES string of the molecule is C=CC[C@@H](C(=O)N1CCCC1)[C@@](C)(O)c1ccccc1. The highest BCUT2D eigenvalue weighted by Crippen LogP contribution is 2.34. The van der Waals surface area contributed by atoms with Gasteiger partial charge in [-0.25, -0.2) is 0 Å². The third-order valence-corrected chi connectivity index (χ3v) is 4.15. The number of hydrogen-bond donors (Lipinski definition) is 1. The minimum absolute atomic E-state index is 0.0382. The van der Waals surface area contributed by atoms with Crippen LogP contribution < -0.4 is 0 Å². The van der Waals surface area contributed by atoms with E-state index in [1.165, 1.54) is 0 Å². The molecule has 20 heavy (non-hydrogen) atoms. The molecule has 0 radical (unpaired) electrons. The van der Waals surface area contributed by atoms with Gasteiger partial charge in [-0.05, 0) is 31.7 Å². The van der Waals surface area contributed by atoms with Gasteiger partial charge in [0.25, 0.3) is 0 Å². The van der Waals surface area contributed by atoms with Gasteiger partial charge in [-0.1, -0.05) is 36.4 Å². The zero-order valence-corrected chi connectivity index (χ0v) is 12.1. The Morgan fingerprint density at radius 1 is 1.40 bits per heavy atom. The summed E-state index contributed by atoms with van der Waals surface area (Å²) in [6.45, 7) is 7.07. The molecule has 1 heterocycles. The number of carbonyl (C=O) groups is 1. The zero-order chi connectivity index (χ0) is 14.6. The summed E-state index contributed by atoms with van der Waals surface area (Å²) in [5, 5.41) is 10.9. The largest absolute Gasteiger partial charge is 0.385 e.